The smallest absolute Gasteiger partial charge is 0.108 e. The van der Waals surface area contributed by atoms with Crippen molar-refractivity contribution in [2.45, 2.75) is 10.8 Å². The summed E-state index contributed by atoms with van der Waals surface area (Å²) in [4.78, 5) is 46.1. The fourth-order valence-electron chi connectivity index (χ4n) is 8.71. The summed E-state index contributed by atoms with van der Waals surface area (Å²) in [6.07, 6.45) is 0. The molecule has 7 aromatic rings. The Balaban J connectivity index is 1.43. The minimum absolute atomic E-state index is 0.324. The molecule has 0 saturated carbocycles. The van der Waals surface area contributed by atoms with Crippen molar-refractivity contribution < 1.29 is 0 Å². The highest BCUT2D eigenvalue weighted by Crippen LogP contribution is 2.62. The molecule has 0 bridgehead atoms. The summed E-state index contributed by atoms with van der Waals surface area (Å²) in [5.74, 6) is 0. The highest BCUT2D eigenvalue weighted by atomic mass is 16.3. The summed E-state index contributed by atoms with van der Waals surface area (Å²) >= 11 is 0. The summed E-state index contributed by atoms with van der Waals surface area (Å²) in [5, 5.41) is 12.7. The van der Waals surface area contributed by atoms with Gasteiger partial charge >= 0.3 is 0 Å². The zero-order valence-electron chi connectivity index (χ0n) is 27.4. The maximum Gasteiger partial charge on any atom is 0.108 e. The fourth-order valence-corrected chi connectivity index (χ4v) is 8.71. The van der Waals surface area contributed by atoms with Gasteiger partial charge in [0, 0.05) is 0 Å². The summed E-state index contributed by atoms with van der Waals surface area (Å²) in [6, 6.07) is 50.7. The zero-order chi connectivity index (χ0) is 35.5. The van der Waals surface area contributed by atoms with Crippen LogP contribution in [0, 0.1) is 19.6 Å². The van der Waals surface area contributed by atoms with Crippen molar-refractivity contribution in [2.24, 2.45) is 20.7 Å². The van der Waals surface area contributed by atoms with E-state index in [0.717, 1.165) is 66.8 Å². The largest absolute Gasteiger partial charge is 0.145 e. The number of rotatable bonds is 8. The average molecular weight is 675 g/mol. The van der Waals surface area contributed by atoms with Gasteiger partial charge in [0.05, 0.1) is 10.8 Å². The van der Waals surface area contributed by atoms with Crippen LogP contribution in [0.25, 0.3) is 22.3 Å². The van der Waals surface area contributed by atoms with Crippen molar-refractivity contribution in [1.82, 2.24) is 0 Å². The average Bonchev–Trinajstić information content (AvgIpc) is 3.68. The lowest BCUT2D eigenvalue weighted by atomic mass is 9.66. The van der Waals surface area contributed by atoms with E-state index in [9.17, 15) is 19.6 Å². The van der Waals surface area contributed by atoms with E-state index >= 15 is 0 Å². The molecule has 0 heterocycles. The van der Waals surface area contributed by atoms with Gasteiger partial charge in [-0.1, -0.05) is 97.1 Å². The summed E-state index contributed by atoms with van der Waals surface area (Å²) < 4.78 is 0. The van der Waals surface area contributed by atoms with Gasteiger partial charge in [-0.3, -0.25) is 0 Å². The van der Waals surface area contributed by atoms with Crippen LogP contribution in [0.2, 0.25) is 0 Å². The van der Waals surface area contributed by atoms with Crippen molar-refractivity contribution >= 4 is 22.7 Å². The molecule has 8 heteroatoms. The SMILES string of the molecule is O=Nc1ccc(C2(c3ccc(N=O)cc3)c3ccccc3-c3cc4c(cc32)-c2ccccc2C4(c2ccc(N=O)cc2)c2ccc(N=O)cc2)cc1. The van der Waals surface area contributed by atoms with Crippen LogP contribution in [-0.4, -0.2) is 0 Å². The Labute approximate surface area is 297 Å². The molecular formula is C44H26N4O4. The van der Waals surface area contributed by atoms with Crippen LogP contribution in [0.4, 0.5) is 22.7 Å². The van der Waals surface area contributed by atoms with E-state index in [4.69, 9.17) is 0 Å². The van der Waals surface area contributed by atoms with Gasteiger partial charge in [-0.25, -0.2) is 0 Å². The van der Waals surface area contributed by atoms with E-state index in [-0.39, 0.29) is 0 Å². The Hall–Kier alpha value is -7.06. The zero-order valence-corrected chi connectivity index (χ0v) is 27.4. The van der Waals surface area contributed by atoms with E-state index in [0.29, 0.717) is 22.7 Å². The second-order valence-corrected chi connectivity index (χ2v) is 13.1. The molecule has 0 aromatic heterocycles. The van der Waals surface area contributed by atoms with Crippen molar-refractivity contribution in [3.05, 3.63) is 222 Å². The lowest BCUT2D eigenvalue weighted by Gasteiger charge is -2.35. The Kier molecular flexibility index (Phi) is 7.01. The first-order valence-corrected chi connectivity index (χ1v) is 16.7. The third-order valence-electron chi connectivity index (χ3n) is 10.8. The van der Waals surface area contributed by atoms with Crippen LogP contribution in [0.5, 0.6) is 0 Å². The van der Waals surface area contributed by atoms with Crippen LogP contribution < -0.4 is 0 Å². The first-order chi connectivity index (χ1) is 25.6. The van der Waals surface area contributed by atoms with E-state index in [1.165, 1.54) is 0 Å². The molecule has 0 unspecified atom stereocenters. The fraction of sp³-hybridized carbons (Fsp3) is 0.0455. The summed E-state index contributed by atoms with van der Waals surface area (Å²) in [7, 11) is 0. The molecule has 8 nitrogen and oxygen atoms in total. The Bertz CT molecular complexity index is 2290. The Morgan fingerprint density at radius 1 is 0.288 bits per heavy atom. The molecule has 0 radical (unpaired) electrons. The Morgan fingerprint density at radius 3 is 0.827 bits per heavy atom. The predicted octanol–water partition coefficient (Wildman–Crippen LogP) is 12.0. The number of fused-ring (bicyclic) bond motifs is 6. The van der Waals surface area contributed by atoms with Gasteiger partial charge in [0.25, 0.3) is 0 Å². The monoisotopic (exact) mass is 674 g/mol. The van der Waals surface area contributed by atoms with Gasteiger partial charge < -0.3 is 0 Å². The Morgan fingerprint density at radius 2 is 0.558 bits per heavy atom. The van der Waals surface area contributed by atoms with E-state index in [1.54, 1.807) is 48.5 Å². The van der Waals surface area contributed by atoms with Crippen LogP contribution in [0.15, 0.2) is 178 Å². The second kappa shape index (κ2) is 11.8. The molecule has 0 aliphatic heterocycles. The van der Waals surface area contributed by atoms with Crippen molar-refractivity contribution in [3.8, 4) is 22.3 Å². The highest BCUT2D eigenvalue weighted by molar-refractivity contribution is 5.94. The molecule has 0 spiro atoms. The molecule has 2 aliphatic rings. The first-order valence-electron chi connectivity index (χ1n) is 16.7. The van der Waals surface area contributed by atoms with Crippen molar-refractivity contribution in [2.75, 3.05) is 0 Å². The number of nitrogens with zero attached hydrogens (tertiary/aromatic N) is 4. The number of hydrogen-bond acceptors (Lipinski definition) is 8. The van der Waals surface area contributed by atoms with Crippen LogP contribution >= 0.6 is 0 Å². The maximum atomic E-state index is 11.5. The second-order valence-electron chi connectivity index (χ2n) is 13.1. The molecule has 9 rings (SSSR count). The maximum absolute atomic E-state index is 11.5. The standard InChI is InChI=1S/C44H26N4O4/c49-45-31-17-9-27(10-18-31)43(28-11-19-32(46-50)20-12-28)39-7-3-1-5-35(39)37-25-42-38(26-41(37)43)36-6-2-4-8-40(36)44(42,29-13-21-33(47-51)22-14-29)30-15-23-34(48-52)24-16-30/h1-26H. The van der Waals surface area contributed by atoms with Crippen LogP contribution in [0.3, 0.4) is 0 Å². The molecular weight excluding hydrogens is 649 g/mol. The summed E-state index contributed by atoms with van der Waals surface area (Å²) in [5.41, 5.74) is 11.7. The molecule has 246 valence electrons. The quantitative estimate of drug-likeness (QED) is 0.149. The first kappa shape index (κ1) is 31.0. The third kappa shape index (κ3) is 4.15. The van der Waals surface area contributed by atoms with Gasteiger partial charge in [0.2, 0.25) is 0 Å². The molecule has 0 saturated heterocycles. The normalized spacial score (nSPS) is 14.0. The van der Waals surface area contributed by atoms with Crippen LogP contribution in [-0.2, 0) is 10.8 Å². The van der Waals surface area contributed by atoms with Gasteiger partial charge in [-0.15, -0.1) is 19.6 Å². The minimum Gasteiger partial charge on any atom is -0.145 e. The van der Waals surface area contributed by atoms with Crippen LogP contribution in [0.1, 0.15) is 44.5 Å². The van der Waals surface area contributed by atoms with Gasteiger partial charge in [0.15, 0.2) is 0 Å². The number of benzene rings is 7. The lowest BCUT2D eigenvalue weighted by Crippen LogP contribution is -2.29. The molecule has 7 aromatic carbocycles. The molecule has 2 aliphatic carbocycles. The molecule has 0 fully saturated rings. The molecule has 0 N–H and O–H groups in total. The van der Waals surface area contributed by atoms with E-state index < -0.39 is 10.8 Å². The van der Waals surface area contributed by atoms with Gasteiger partial charge in [-0.2, -0.15) is 0 Å². The van der Waals surface area contributed by atoms with Crippen molar-refractivity contribution in [3.63, 3.8) is 0 Å². The lowest BCUT2D eigenvalue weighted by molar-refractivity contribution is 0.759. The van der Waals surface area contributed by atoms with E-state index in [1.807, 2.05) is 72.8 Å². The summed E-state index contributed by atoms with van der Waals surface area (Å²) in [6.45, 7) is 0. The number of nitroso groups, excluding NO2 is 4. The molecule has 52 heavy (non-hydrogen) atoms. The van der Waals surface area contributed by atoms with E-state index in [2.05, 4.69) is 57.1 Å². The molecule has 0 amide bonds. The molecule has 0 atom stereocenters. The third-order valence-corrected chi connectivity index (χ3v) is 10.8. The minimum atomic E-state index is -0.835. The van der Waals surface area contributed by atoms with Crippen molar-refractivity contribution in [1.29, 1.82) is 0 Å². The van der Waals surface area contributed by atoms with Gasteiger partial charge in [-0.05, 0) is 148 Å². The predicted molar refractivity (Wildman–Crippen MR) is 203 cm³/mol. The topological polar surface area (TPSA) is 118 Å². The number of hydrogen-bond donors (Lipinski definition) is 0. The highest BCUT2D eigenvalue weighted by Gasteiger charge is 2.51. The van der Waals surface area contributed by atoms with Gasteiger partial charge in [0.1, 0.15) is 22.7 Å².